The fourth-order valence-corrected chi connectivity index (χ4v) is 3.40. The van der Waals surface area contributed by atoms with Crippen molar-refractivity contribution in [2.24, 2.45) is 17.6 Å². The summed E-state index contributed by atoms with van der Waals surface area (Å²) in [4.78, 5) is 0. The lowest BCUT2D eigenvalue weighted by Gasteiger charge is -2.32. The second kappa shape index (κ2) is 6.71. The molecule has 0 amide bonds. The van der Waals surface area contributed by atoms with Crippen molar-refractivity contribution < 1.29 is 4.39 Å². The van der Waals surface area contributed by atoms with Crippen LogP contribution >= 0.6 is 11.6 Å². The molecular formula is C16H23ClFN. The first kappa shape index (κ1) is 14.8. The van der Waals surface area contributed by atoms with Gasteiger partial charge in [0.25, 0.3) is 0 Å². The molecule has 19 heavy (non-hydrogen) atoms. The van der Waals surface area contributed by atoms with E-state index >= 15 is 0 Å². The van der Waals surface area contributed by atoms with Crippen molar-refractivity contribution in [3.05, 3.63) is 34.6 Å². The van der Waals surface area contributed by atoms with Gasteiger partial charge in [0.1, 0.15) is 5.82 Å². The summed E-state index contributed by atoms with van der Waals surface area (Å²) in [7, 11) is 0. The zero-order valence-electron chi connectivity index (χ0n) is 11.5. The number of halogens is 2. The number of benzene rings is 1. The Kier molecular flexibility index (Phi) is 5.23. The Morgan fingerprint density at radius 1 is 1.42 bits per heavy atom. The Morgan fingerprint density at radius 2 is 2.21 bits per heavy atom. The van der Waals surface area contributed by atoms with Crippen LogP contribution in [0.3, 0.4) is 0 Å². The molecule has 1 fully saturated rings. The normalized spacial score (nSPS) is 25.3. The number of hydrogen-bond acceptors (Lipinski definition) is 1. The van der Waals surface area contributed by atoms with E-state index < -0.39 is 0 Å². The lowest BCUT2D eigenvalue weighted by molar-refractivity contribution is 0.228. The van der Waals surface area contributed by atoms with Crippen LogP contribution in [0.1, 0.15) is 44.6 Å². The molecule has 0 radical (unpaired) electrons. The van der Waals surface area contributed by atoms with Crippen LogP contribution in [-0.4, -0.2) is 6.04 Å². The lowest BCUT2D eigenvalue weighted by atomic mass is 9.76. The Morgan fingerprint density at radius 3 is 2.89 bits per heavy atom. The highest BCUT2D eigenvalue weighted by atomic mass is 35.5. The predicted molar refractivity (Wildman–Crippen MR) is 78.8 cm³/mol. The van der Waals surface area contributed by atoms with Gasteiger partial charge in [-0.25, -0.2) is 4.39 Å². The lowest BCUT2D eigenvalue weighted by Crippen LogP contribution is -2.35. The van der Waals surface area contributed by atoms with E-state index in [2.05, 4.69) is 6.92 Å². The summed E-state index contributed by atoms with van der Waals surface area (Å²) in [6, 6.07) is 5.09. The summed E-state index contributed by atoms with van der Waals surface area (Å²) < 4.78 is 13.1. The van der Waals surface area contributed by atoms with Crippen LogP contribution in [0.25, 0.3) is 0 Å². The Hall–Kier alpha value is -0.600. The maximum atomic E-state index is 13.1. The van der Waals surface area contributed by atoms with Crippen LogP contribution in [-0.2, 0) is 6.42 Å². The molecule has 1 aromatic carbocycles. The van der Waals surface area contributed by atoms with Gasteiger partial charge >= 0.3 is 0 Å². The van der Waals surface area contributed by atoms with Crippen molar-refractivity contribution in [3.63, 3.8) is 0 Å². The first-order valence-electron chi connectivity index (χ1n) is 7.29. The van der Waals surface area contributed by atoms with Crippen molar-refractivity contribution in [2.45, 2.75) is 51.5 Å². The quantitative estimate of drug-likeness (QED) is 0.861. The average molecular weight is 284 g/mol. The molecule has 0 bridgehead atoms. The van der Waals surface area contributed by atoms with E-state index in [-0.39, 0.29) is 16.9 Å². The van der Waals surface area contributed by atoms with Gasteiger partial charge in [0, 0.05) is 6.04 Å². The molecule has 1 nitrogen and oxygen atoms in total. The third-order valence-electron chi connectivity index (χ3n) is 4.46. The van der Waals surface area contributed by atoms with Gasteiger partial charge in [-0.2, -0.15) is 0 Å². The zero-order chi connectivity index (χ0) is 13.8. The fourth-order valence-electron chi connectivity index (χ4n) is 3.20. The van der Waals surface area contributed by atoms with E-state index in [4.69, 9.17) is 17.3 Å². The Bertz CT molecular complexity index is 421. The maximum absolute atomic E-state index is 13.1. The molecule has 2 N–H and O–H groups in total. The van der Waals surface area contributed by atoms with Crippen LogP contribution in [0.4, 0.5) is 4.39 Å². The monoisotopic (exact) mass is 283 g/mol. The summed E-state index contributed by atoms with van der Waals surface area (Å²) in [5.41, 5.74) is 7.39. The third-order valence-corrected chi connectivity index (χ3v) is 4.75. The van der Waals surface area contributed by atoms with E-state index in [1.165, 1.54) is 38.2 Å². The predicted octanol–water partition coefficient (Wildman–Crippen LogP) is 4.57. The number of rotatable bonds is 4. The number of nitrogens with two attached hydrogens (primary N) is 1. The zero-order valence-corrected chi connectivity index (χ0v) is 12.3. The molecule has 0 aliphatic heterocycles. The second-order valence-electron chi connectivity index (χ2n) is 5.82. The second-order valence-corrected chi connectivity index (χ2v) is 6.22. The smallest absolute Gasteiger partial charge is 0.141 e. The summed E-state index contributed by atoms with van der Waals surface area (Å²) in [6.07, 6.45) is 7.16. The van der Waals surface area contributed by atoms with Crippen LogP contribution < -0.4 is 5.73 Å². The molecule has 1 saturated carbocycles. The molecule has 1 aromatic rings. The fraction of sp³-hybridized carbons (Fsp3) is 0.625. The molecule has 0 aromatic heterocycles. The van der Waals surface area contributed by atoms with Crippen LogP contribution in [0.15, 0.2) is 18.2 Å². The van der Waals surface area contributed by atoms with Crippen molar-refractivity contribution >= 4 is 11.6 Å². The average Bonchev–Trinajstić information content (AvgIpc) is 2.43. The van der Waals surface area contributed by atoms with Gasteiger partial charge in [-0.15, -0.1) is 0 Å². The van der Waals surface area contributed by atoms with Gasteiger partial charge in [-0.05, 0) is 48.8 Å². The summed E-state index contributed by atoms with van der Waals surface area (Å²) >= 11 is 5.81. The van der Waals surface area contributed by atoms with Crippen LogP contribution in [0.2, 0.25) is 5.02 Å². The molecule has 3 atom stereocenters. The van der Waals surface area contributed by atoms with Crippen molar-refractivity contribution in [1.29, 1.82) is 0 Å². The highest BCUT2D eigenvalue weighted by Gasteiger charge is 2.25. The van der Waals surface area contributed by atoms with E-state index in [9.17, 15) is 4.39 Å². The van der Waals surface area contributed by atoms with Gasteiger partial charge in [0.2, 0.25) is 0 Å². The first-order chi connectivity index (χ1) is 9.10. The number of hydrogen-bond donors (Lipinski definition) is 1. The van der Waals surface area contributed by atoms with Crippen LogP contribution in [0, 0.1) is 17.7 Å². The van der Waals surface area contributed by atoms with Gasteiger partial charge in [-0.3, -0.25) is 0 Å². The topological polar surface area (TPSA) is 26.0 Å². The van der Waals surface area contributed by atoms with E-state index in [1.54, 1.807) is 12.1 Å². The molecule has 0 heterocycles. The molecule has 0 saturated heterocycles. The standard InChI is InChI=1S/C16H23ClFN/c1-2-11-4-3-5-13(8-11)16(19)10-12-6-7-15(18)14(17)9-12/h6-7,9,11,13,16H,2-5,8,10,19H2,1H3. The summed E-state index contributed by atoms with van der Waals surface area (Å²) in [5, 5.41) is 0.194. The minimum Gasteiger partial charge on any atom is -0.327 e. The maximum Gasteiger partial charge on any atom is 0.141 e. The largest absolute Gasteiger partial charge is 0.327 e. The minimum atomic E-state index is -0.359. The highest BCUT2D eigenvalue weighted by Crippen LogP contribution is 2.33. The molecule has 1 aliphatic carbocycles. The molecule has 3 unspecified atom stereocenters. The summed E-state index contributed by atoms with van der Waals surface area (Å²) in [5.74, 6) is 1.08. The molecule has 2 rings (SSSR count). The molecule has 1 aliphatic rings. The first-order valence-corrected chi connectivity index (χ1v) is 7.67. The van der Waals surface area contributed by atoms with E-state index in [1.807, 2.05) is 0 Å². The van der Waals surface area contributed by atoms with E-state index in [0.29, 0.717) is 5.92 Å². The van der Waals surface area contributed by atoms with Crippen LogP contribution in [0.5, 0.6) is 0 Å². The van der Waals surface area contributed by atoms with Gasteiger partial charge in [-0.1, -0.05) is 43.9 Å². The Balaban J connectivity index is 1.96. The van der Waals surface area contributed by atoms with Gasteiger partial charge < -0.3 is 5.73 Å². The van der Waals surface area contributed by atoms with Crippen molar-refractivity contribution in [1.82, 2.24) is 0 Å². The minimum absolute atomic E-state index is 0.163. The molecule has 3 heteroatoms. The molecule has 106 valence electrons. The highest BCUT2D eigenvalue weighted by molar-refractivity contribution is 6.30. The van der Waals surface area contributed by atoms with Gasteiger partial charge in [0.05, 0.1) is 5.02 Å². The molecular weight excluding hydrogens is 261 g/mol. The third kappa shape index (κ3) is 3.93. The molecule has 0 spiro atoms. The van der Waals surface area contributed by atoms with Crippen molar-refractivity contribution in [2.75, 3.05) is 0 Å². The Labute approximate surface area is 120 Å². The van der Waals surface area contributed by atoms with Gasteiger partial charge in [0.15, 0.2) is 0 Å². The van der Waals surface area contributed by atoms with E-state index in [0.717, 1.165) is 17.9 Å². The van der Waals surface area contributed by atoms with Crippen molar-refractivity contribution in [3.8, 4) is 0 Å². The SMILES string of the molecule is CCC1CCCC(C(N)Cc2ccc(F)c(Cl)c2)C1. The summed E-state index contributed by atoms with van der Waals surface area (Å²) in [6.45, 7) is 2.26.